The van der Waals surface area contributed by atoms with Gasteiger partial charge in [-0.15, -0.1) is 0 Å². The van der Waals surface area contributed by atoms with E-state index < -0.39 is 23.7 Å². The van der Waals surface area contributed by atoms with Crippen LogP contribution >= 0.6 is 0 Å². The summed E-state index contributed by atoms with van der Waals surface area (Å²) in [4.78, 5) is 0. The number of hydrogen-bond donors (Lipinski definition) is 2. The summed E-state index contributed by atoms with van der Waals surface area (Å²) in [5.74, 6) is -0.867. The molecule has 1 aromatic rings. The van der Waals surface area contributed by atoms with Crippen LogP contribution in [0, 0.1) is 5.82 Å². The van der Waals surface area contributed by atoms with Crippen LogP contribution in [0.4, 0.5) is 17.6 Å². The van der Waals surface area contributed by atoms with Crippen molar-refractivity contribution in [2.45, 2.75) is 18.7 Å². The van der Waals surface area contributed by atoms with Crippen LogP contribution < -0.4 is 5.73 Å². The first-order chi connectivity index (χ1) is 7.36. The first kappa shape index (κ1) is 12.9. The molecular formula is C10H11F4NO. The van der Waals surface area contributed by atoms with E-state index in [9.17, 15) is 22.7 Å². The van der Waals surface area contributed by atoms with Crippen molar-refractivity contribution < 1.29 is 22.7 Å². The predicted octanol–water partition coefficient (Wildman–Crippen LogP) is 2.23. The number of aliphatic hydroxyl groups excluding tert-OH is 1. The maximum atomic E-state index is 13.2. The standard InChI is InChI=1S/C10H11F4NO/c11-8-2-1-6(10(12,13)14)5-7(8)9(16)3-4-15/h1-2,5,9,16H,3-4,15H2/t9-/m1/s1. The van der Waals surface area contributed by atoms with Gasteiger partial charge >= 0.3 is 6.18 Å². The lowest BCUT2D eigenvalue weighted by molar-refractivity contribution is -0.137. The Kier molecular flexibility index (Phi) is 3.88. The minimum absolute atomic E-state index is 0.0121. The number of benzene rings is 1. The molecule has 0 radical (unpaired) electrons. The highest BCUT2D eigenvalue weighted by atomic mass is 19.4. The van der Waals surface area contributed by atoms with Gasteiger partial charge in [0, 0.05) is 5.56 Å². The van der Waals surface area contributed by atoms with Gasteiger partial charge in [0.15, 0.2) is 0 Å². The van der Waals surface area contributed by atoms with Crippen LogP contribution in [0.3, 0.4) is 0 Å². The first-order valence-electron chi connectivity index (χ1n) is 4.61. The third kappa shape index (κ3) is 2.93. The van der Waals surface area contributed by atoms with Gasteiger partial charge in [-0.2, -0.15) is 13.2 Å². The van der Waals surface area contributed by atoms with Crippen molar-refractivity contribution in [1.29, 1.82) is 0 Å². The van der Waals surface area contributed by atoms with Crippen LogP contribution in [0.15, 0.2) is 18.2 Å². The van der Waals surface area contributed by atoms with E-state index >= 15 is 0 Å². The molecule has 1 rings (SSSR count). The lowest BCUT2D eigenvalue weighted by atomic mass is 10.0. The van der Waals surface area contributed by atoms with Crippen LogP contribution in [0.1, 0.15) is 23.7 Å². The monoisotopic (exact) mass is 237 g/mol. The second kappa shape index (κ2) is 4.80. The van der Waals surface area contributed by atoms with Gasteiger partial charge in [0.05, 0.1) is 11.7 Å². The summed E-state index contributed by atoms with van der Waals surface area (Å²) in [6.07, 6.45) is -5.85. The number of halogens is 4. The molecule has 6 heteroatoms. The van der Waals surface area contributed by atoms with Gasteiger partial charge in [0.1, 0.15) is 5.82 Å². The van der Waals surface area contributed by atoms with Gasteiger partial charge in [0.25, 0.3) is 0 Å². The van der Waals surface area contributed by atoms with Crippen LogP contribution in [0.5, 0.6) is 0 Å². The molecule has 0 aliphatic carbocycles. The van der Waals surface area contributed by atoms with Gasteiger partial charge in [-0.1, -0.05) is 0 Å². The van der Waals surface area contributed by atoms with Gasteiger partial charge < -0.3 is 10.8 Å². The molecule has 0 fully saturated rings. The molecule has 0 amide bonds. The zero-order valence-corrected chi connectivity index (χ0v) is 8.26. The summed E-state index contributed by atoms with van der Waals surface area (Å²) in [5, 5.41) is 9.40. The Balaban J connectivity index is 3.09. The highest BCUT2D eigenvalue weighted by Crippen LogP contribution is 2.32. The minimum Gasteiger partial charge on any atom is -0.388 e. The zero-order valence-electron chi connectivity index (χ0n) is 8.26. The molecule has 1 aromatic carbocycles. The molecule has 90 valence electrons. The molecule has 0 unspecified atom stereocenters. The van der Waals surface area contributed by atoms with Crippen molar-refractivity contribution in [3.05, 3.63) is 35.1 Å². The fourth-order valence-electron chi connectivity index (χ4n) is 1.29. The summed E-state index contributed by atoms with van der Waals surface area (Å²) >= 11 is 0. The molecule has 0 heterocycles. The third-order valence-corrected chi connectivity index (χ3v) is 2.12. The minimum atomic E-state index is -4.55. The summed E-state index contributed by atoms with van der Waals surface area (Å²) in [5.41, 5.74) is 3.78. The Morgan fingerprint density at radius 1 is 1.31 bits per heavy atom. The third-order valence-electron chi connectivity index (χ3n) is 2.12. The normalized spacial score (nSPS) is 13.9. The van der Waals surface area contributed by atoms with Gasteiger partial charge in [-0.3, -0.25) is 0 Å². The molecule has 0 spiro atoms. The fraction of sp³-hybridized carbons (Fsp3) is 0.400. The molecular weight excluding hydrogens is 226 g/mol. The lowest BCUT2D eigenvalue weighted by Crippen LogP contribution is -2.11. The topological polar surface area (TPSA) is 46.2 Å². The number of hydrogen-bond acceptors (Lipinski definition) is 2. The second-order valence-corrected chi connectivity index (χ2v) is 3.33. The quantitative estimate of drug-likeness (QED) is 0.792. The maximum Gasteiger partial charge on any atom is 0.416 e. The summed E-state index contributed by atoms with van der Waals surface area (Å²) in [7, 11) is 0. The summed E-state index contributed by atoms with van der Waals surface area (Å²) in [6.45, 7) is 0.0663. The molecule has 2 nitrogen and oxygen atoms in total. The van der Waals surface area contributed by atoms with Crippen LogP contribution in [0.25, 0.3) is 0 Å². The van der Waals surface area contributed by atoms with E-state index in [-0.39, 0.29) is 18.5 Å². The average Bonchev–Trinajstić information content (AvgIpc) is 2.16. The van der Waals surface area contributed by atoms with Crippen molar-refractivity contribution >= 4 is 0 Å². The molecule has 0 aromatic heterocycles. The average molecular weight is 237 g/mol. The molecule has 1 atom stereocenters. The van der Waals surface area contributed by atoms with E-state index in [2.05, 4.69) is 0 Å². The van der Waals surface area contributed by atoms with E-state index in [1.165, 1.54) is 0 Å². The van der Waals surface area contributed by atoms with Crippen molar-refractivity contribution in [3.8, 4) is 0 Å². The highest BCUT2D eigenvalue weighted by Gasteiger charge is 2.31. The van der Waals surface area contributed by atoms with Crippen molar-refractivity contribution in [2.24, 2.45) is 5.73 Å². The molecule has 0 saturated carbocycles. The molecule has 16 heavy (non-hydrogen) atoms. The van der Waals surface area contributed by atoms with Crippen LogP contribution in [-0.4, -0.2) is 11.7 Å². The van der Waals surface area contributed by atoms with E-state index in [1.54, 1.807) is 0 Å². The Labute approximate surface area is 89.7 Å². The van der Waals surface area contributed by atoms with Gasteiger partial charge in [-0.05, 0) is 31.2 Å². The number of aliphatic hydroxyl groups is 1. The smallest absolute Gasteiger partial charge is 0.388 e. The van der Waals surface area contributed by atoms with Crippen molar-refractivity contribution in [2.75, 3.05) is 6.54 Å². The molecule has 0 aliphatic heterocycles. The Bertz CT molecular complexity index is 364. The largest absolute Gasteiger partial charge is 0.416 e. The van der Waals surface area contributed by atoms with E-state index in [0.717, 1.165) is 0 Å². The zero-order chi connectivity index (χ0) is 12.3. The molecule has 0 aliphatic rings. The molecule has 3 N–H and O–H groups in total. The predicted molar refractivity (Wildman–Crippen MR) is 50.0 cm³/mol. The SMILES string of the molecule is NCC[C@@H](O)c1cc(C(F)(F)F)ccc1F. The van der Waals surface area contributed by atoms with Crippen molar-refractivity contribution in [3.63, 3.8) is 0 Å². The number of rotatable bonds is 3. The fourth-order valence-corrected chi connectivity index (χ4v) is 1.29. The van der Waals surface area contributed by atoms with E-state index in [4.69, 9.17) is 5.73 Å². The summed E-state index contributed by atoms with van der Waals surface area (Å²) in [6, 6.07) is 1.93. The Hall–Kier alpha value is -1.14. The van der Waals surface area contributed by atoms with E-state index in [1.807, 2.05) is 0 Å². The molecule has 0 saturated heterocycles. The second-order valence-electron chi connectivity index (χ2n) is 3.33. The summed E-state index contributed by atoms with van der Waals surface area (Å²) < 4.78 is 50.1. The highest BCUT2D eigenvalue weighted by molar-refractivity contribution is 5.28. The van der Waals surface area contributed by atoms with Gasteiger partial charge in [0.2, 0.25) is 0 Å². The lowest BCUT2D eigenvalue weighted by Gasteiger charge is -2.13. The first-order valence-corrected chi connectivity index (χ1v) is 4.61. The molecule has 0 bridgehead atoms. The van der Waals surface area contributed by atoms with E-state index in [0.29, 0.717) is 18.2 Å². The van der Waals surface area contributed by atoms with Crippen LogP contribution in [-0.2, 0) is 6.18 Å². The maximum absolute atomic E-state index is 13.2. The van der Waals surface area contributed by atoms with Gasteiger partial charge in [-0.25, -0.2) is 4.39 Å². The Morgan fingerprint density at radius 3 is 2.44 bits per heavy atom. The number of nitrogens with two attached hydrogens (primary N) is 1. The Morgan fingerprint density at radius 2 is 1.94 bits per heavy atom. The van der Waals surface area contributed by atoms with Crippen molar-refractivity contribution in [1.82, 2.24) is 0 Å². The number of alkyl halides is 3. The van der Waals surface area contributed by atoms with Crippen LogP contribution in [0.2, 0.25) is 0 Å².